The Bertz CT molecular complexity index is 1220. The second kappa shape index (κ2) is 8.40. The van der Waals surface area contributed by atoms with E-state index in [0.29, 0.717) is 22.2 Å². The lowest BCUT2D eigenvalue weighted by Gasteiger charge is -2.14. The van der Waals surface area contributed by atoms with E-state index in [0.717, 1.165) is 12.8 Å². The Labute approximate surface area is 183 Å². The summed E-state index contributed by atoms with van der Waals surface area (Å²) in [6.07, 6.45) is 1.90. The highest BCUT2D eigenvalue weighted by atomic mass is 32.2. The molecule has 0 radical (unpaired) electrons. The molecule has 1 aromatic heterocycles. The van der Waals surface area contributed by atoms with Gasteiger partial charge in [-0.3, -0.25) is 9.36 Å². The molecule has 31 heavy (non-hydrogen) atoms. The molecule has 3 N–H and O–H groups in total. The summed E-state index contributed by atoms with van der Waals surface area (Å²) in [6.45, 7) is 1.73. The van der Waals surface area contributed by atoms with Gasteiger partial charge in [0.25, 0.3) is 0 Å². The molecule has 1 amide bonds. The van der Waals surface area contributed by atoms with Gasteiger partial charge in [-0.2, -0.15) is 0 Å². The Morgan fingerprint density at radius 2 is 1.87 bits per heavy atom. The van der Waals surface area contributed by atoms with Crippen molar-refractivity contribution < 1.29 is 17.6 Å². The van der Waals surface area contributed by atoms with Crippen LogP contribution in [0.1, 0.15) is 25.8 Å². The molecule has 1 atom stereocenters. The number of anilines is 1. The van der Waals surface area contributed by atoms with Crippen molar-refractivity contribution in [1.29, 1.82) is 0 Å². The third kappa shape index (κ3) is 4.78. The Morgan fingerprint density at radius 3 is 2.48 bits per heavy atom. The standard InChI is InChI=1S/C20H20FN5O3S2/c1-12(19(27)23-13-6-10-15(11-7-13)31(22,28)29)30-20-25-24-18(26(20)14-8-9-14)16-4-2-3-5-17(16)21/h2-7,10-12,14H,8-9H2,1H3,(H,23,27)(H2,22,28,29)/t12-/m1/s1. The number of halogens is 1. The summed E-state index contributed by atoms with van der Waals surface area (Å²) in [5.74, 6) is -0.206. The van der Waals surface area contributed by atoms with Gasteiger partial charge in [0.15, 0.2) is 11.0 Å². The van der Waals surface area contributed by atoms with E-state index >= 15 is 0 Å². The fourth-order valence-electron chi connectivity index (χ4n) is 3.03. The third-order valence-corrected chi connectivity index (χ3v) is 6.78. The van der Waals surface area contributed by atoms with Crippen molar-refractivity contribution in [1.82, 2.24) is 14.8 Å². The molecule has 11 heteroatoms. The molecule has 1 saturated carbocycles. The molecule has 162 valence electrons. The number of primary sulfonamides is 1. The number of amides is 1. The Hall–Kier alpha value is -2.76. The monoisotopic (exact) mass is 461 g/mol. The fraction of sp³-hybridized carbons (Fsp3) is 0.250. The summed E-state index contributed by atoms with van der Waals surface area (Å²) < 4.78 is 38.9. The smallest absolute Gasteiger partial charge is 0.238 e. The molecule has 0 unspecified atom stereocenters. The minimum absolute atomic E-state index is 0.0360. The SMILES string of the molecule is C[C@@H](Sc1nnc(-c2ccccc2F)n1C1CC1)C(=O)Nc1ccc(S(N)(=O)=O)cc1. The molecular formula is C20H20FN5O3S2. The average Bonchev–Trinajstić information content (AvgIpc) is 3.48. The number of carbonyl (C=O) groups excluding carboxylic acids is 1. The number of hydrogen-bond donors (Lipinski definition) is 2. The molecule has 1 aliphatic carbocycles. The summed E-state index contributed by atoms with van der Waals surface area (Å²) in [5.41, 5.74) is 0.821. The van der Waals surface area contributed by atoms with Crippen LogP contribution in [0.3, 0.4) is 0 Å². The number of rotatable bonds is 7. The number of aromatic nitrogens is 3. The summed E-state index contributed by atoms with van der Waals surface area (Å²) in [6, 6.07) is 12.2. The summed E-state index contributed by atoms with van der Waals surface area (Å²) in [4.78, 5) is 12.6. The zero-order chi connectivity index (χ0) is 22.2. The van der Waals surface area contributed by atoms with Crippen LogP contribution in [0.2, 0.25) is 0 Å². The second-order valence-electron chi connectivity index (χ2n) is 7.21. The lowest BCUT2D eigenvalue weighted by atomic mass is 10.2. The Balaban J connectivity index is 1.50. The van der Waals surface area contributed by atoms with Crippen molar-refractivity contribution in [3.63, 3.8) is 0 Å². The molecule has 1 fully saturated rings. The van der Waals surface area contributed by atoms with Crippen LogP contribution in [0.4, 0.5) is 10.1 Å². The molecule has 0 saturated heterocycles. The van der Waals surface area contributed by atoms with Gasteiger partial charge >= 0.3 is 0 Å². The van der Waals surface area contributed by atoms with Crippen molar-refractivity contribution in [2.24, 2.45) is 5.14 Å². The number of thioether (sulfide) groups is 1. The van der Waals surface area contributed by atoms with Gasteiger partial charge in [-0.05, 0) is 56.2 Å². The molecule has 3 aromatic rings. The van der Waals surface area contributed by atoms with Gasteiger partial charge in [-0.25, -0.2) is 17.9 Å². The summed E-state index contributed by atoms with van der Waals surface area (Å²) >= 11 is 1.23. The first-order chi connectivity index (χ1) is 14.7. The van der Waals surface area contributed by atoms with Crippen molar-refractivity contribution >= 4 is 33.4 Å². The van der Waals surface area contributed by atoms with Gasteiger partial charge < -0.3 is 5.32 Å². The summed E-state index contributed by atoms with van der Waals surface area (Å²) in [7, 11) is -3.80. The van der Waals surface area contributed by atoms with E-state index < -0.39 is 15.3 Å². The zero-order valence-electron chi connectivity index (χ0n) is 16.5. The number of nitrogens with one attached hydrogen (secondary N) is 1. The van der Waals surface area contributed by atoms with Crippen molar-refractivity contribution in [2.45, 2.75) is 41.1 Å². The lowest BCUT2D eigenvalue weighted by molar-refractivity contribution is -0.115. The topological polar surface area (TPSA) is 120 Å². The molecule has 0 aliphatic heterocycles. The maximum absolute atomic E-state index is 14.3. The molecule has 1 aliphatic rings. The molecule has 1 heterocycles. The number of benzene rings is 2. The zero-order valence-corrected chi connectivity index (χ0v) is 18.2. The number of nitrogens with zero attached hydrogens (tertiary/aromatic N) is 3. The predicted molar refractivity (Wildman–Crippen MR) is 115 cm³/mol. The first-order valence-electron chi connectivity index (χ1n) is 9.54. The third-order valence-electron chi connectivity index (χ3n) is 4.79. The highest BCUT2D eigenvalue weighted by Crippen LogP contribution is 2.42. The normalized spacial score (nSPS) is 14.9. The molecule has 0 spiro atoms. The van der Waals surface area contributed by atoms with Gasteiger partial charge in [0.1, 0.15) is 5.82 Å². The number of hydrogen-bond acceptors (Lipinski definition) is 6. The molecule has 2 aromatic carbocycles. The number of nitrogens with two attached hydrogens (primary N) is 1. The largest absolute Gasteiger partial charge is 0.325 e. The van der Waals surface area contributed by atoms with Crippen molar-refractivity contribution in [3.8, 4) is 11.4 Å². The molecule has 0 bridgehead atoms. The van der Waals surface area contributed by atoms with E-state index in [-0.39, 0.29) is 22.7 Å². The van der Waals surface area contributed by atoms with Gasteiger partial charge in [0, 0.05) is 11.7 Å². The van der Waals surface area contributed by atoms with Crippen molar-refractivity contribution in [3.05, 3.63) is 54.3 Å². The van der Waals surface area contributed by atoms with E-state index in [1.807, 2.05) is 4.57 Å². The quantitative estimate of drug-likeness (QED) is 0.522. The van der Waals surface area contributed by atoms with Crippen LogP contribution < -0.4 is 10.5 Å². The van der Waals surface area contributed by atoms with E-state index in [1.165, 1.54) is 42.1 Å². The van der Waals surface area contributed by atoms with Gasteiger partial charge in [-0.15, -0.1) is 10.2 Å². The van der Waals surface area contributed by atoms with Gasteiger partial charge in [-0.1, -0.05) is 23.9 Å². The van der Waals surface area contributed by atoms with Crippen LogP contribution >= 0.6 is 11.8 Å². The lowest BCUT2D eigenvalue weighted by Crippen LogP contribution is -2.23. The predicted octanol–water partition coefficient (Wildman–Crippen LogP) is 3.19. The van der Waals surface area contributed by atoms with E-state index in [2.05, 4.69) is 15.5 Å². The highest BCUT2D eigenvalue weighted by molar-refractivity contribution is 8.00. The molecular weight excluding hydrogens is 441 g/mol. The average molecular weight is 462 g/mol. The Kier molecular flexibility index (Phi) is 5.82. The molecule has 8 nitrogen and oxygen atoms in total. The Morgan fingerprint density at radius 1 is 1.19 bits per heavy atom. The van der Waals surface area contributed by atoms with Crippen LogP contribution in [0.15, 0.2) is 58.6 Å². The van der Waals surface area contributed by atoms with Crippen LogP contribution in [0.25, 0.3) is 11.4 Å². The van der Waals surface area contributed by atoms with E-state index in [4.69, 9.17) is 5.14 Å². The van der Waals surface area contributed by atoms with Crippen molar-refractivity contribution in [2.75, 3.05) is 5.32 Å². The highest BCUT2D eigenvalue weighted by Gasteiger charge is 2.32. The maximum Gasteiger partial charge on any atom is 0.238 e. The van der Waals surface area contributed by atoms with Gasteiger partial charge in [0.2, 0.25) is 15.9 Å². The maximum atomic E-state index is 14.3. The minimum Gasteiger partial charge on any atom is -0.325 e. The second-order valence-corrected chi connectivity index (χ2v) is 10.1. The van der Waals surface area contributed by atoms with E-state index in [1.54, 1.807) is 25.1 Å². The van der Waals surface area contributed by atoms with Crippen LogP contribution in [0.5, 0.6) is 0 Å². The number of carbonyl (C=O) groups is 1. The minimum atomic E-state index is -3.80. The van der Waals surface area contributed by atoms with Crippen LogP contribution in [0, 0.1) is 5.82 Å². The first-order valence-corrected chi connectivity index (χ1v) is 12.0. The molecule has 4 rings (SSSR count). The first kappa shape index (κ1) is 21.5. The van der Waals surface area contributed by atoms with Crippen LogP contribution in [-0.2, 0) is 14.8 Å². The van der Waals surface area contributed by atoms with Gasteiger partial charge in [0.05, 0.1) is 15.7 Å². The van der Waals surface area contributed by atoms with E-state index in [9.17, 15) is 17.6 Å². The van der Waals surface area contributed by atoms with Crippen LogP contribution in [-0.4, -0.2) is 34.3 Å². The summed E-state index contributed by atoms with van der Waals surface area (Å²) in [5, 5.41) is 16.3. The fourth-order valence-corrected chi connectivity index (χ4v) is 4.46. The number of sulfonamides is 1.